The lowest BCUT2D eigenvalue weighted by Gasteiger charge is -2.39. The fraction of sp³-hybridized carbons (Fsp3) is 0.800. The van der Waals surface area contributed by atoms with Crippen molar-refractivity contribution in [2.75, 3.05) is 13.2 Å². The van der Waals surface area contributed by atoms with Gasteiger partial charge in [-0.2, -0.15) is 0 Å². The minimum absolute atomic E-state index is 0.123. The predicted octanol–water partition coefficient (Wildman–Crippen LogP) is 1.98. The molecule has 0 aromatic rings. The SMILES string of the molecule is CCOC(=O)N1C(CNC(=O)OC(C)(C)C)CCCC1C(=O)O. The van der Waals surface area contributed by atoms with Gasteiger partial charge in [-0.1, -0.05) is 0 Å². The lowest BCUT2D eigenvalue weighted by atomic mass is 9.96. The maximum absolute atomic E-state index is 12.1. The summed E-state index contributed by atoms with van der Waals surface area (Å²) in [6.45, 7) is 7.19. The van der Waals surface area contributed by atoms with Crippen LogP contribution in [0, 0.1) is 0 Å². The molecule has 2 amide bonds. The first-order chi connectivity index (χ1) is 10.7. The summed E-state index contributed by atoms with van der Waals surface area (Å²) in [6, 6.07) is -1.37. The Morgan fingerprint density at radius 1 is 1.26 bits per heavy atom. The van der Waals surface area contributed by atoms with E-state index in [9.17, 15) is 19.5 Å². The molecular formula is C15H26N2O6. The highest BCUT2D eigenvalue weighted by Crippen LogP contribution is 2.24. The summed E-state index contributed by atoms with van der Waals surface area (Å²) in [5.74, 6) is -1.07. The standard InChI is InChI=1S/C15H26N2O6/c1-5-22-14(21)17-10(7-6-8-11(17)12(18)19)9-16-13(20)23-15(2,3)4/h10-11H,5-9H2,1-4H3,(H,16,20)(H,18,19). The summed E-state index contributed by atoms with van der Waals surface area (Å²) in [5.41, 5.74) is -0.624. The zero-order valence-electron chi connectivity index (χ0n) is 14.1. The number of ether oxygens (including phenoxy) is 2. The fourth-order valence-electron chi connectivity index (χ4n) is 2.51. The number of piperidine rings is 1. The van der Waals surface area contributed by atoms with Gasteiger partial charge in [0.2, 0.25) is 0 Å². The Morgan fingerprint density at radius 3 is 2.43 bits per heavy atom. The number of nitrogens with one attached hydrogen (secondary N) is 1. The lowest BCUT2D eigenvalue weighted by Crippen LogP contribution is -2.57. The number of amides is 2. The number of alkyl carbamates (subject to hydrolysis) is 1. The van der Waals surface area contributed by atoms with Gasteiger partial charge in [-0.05, 0) is 47.0 Å². The van der Waals surface area contributed by atoms with Crippen molar-refractivity contribution in [2.45, 2.75) is 64.6 Å². The van der Waals surface area contributed by atoms with Gasteiger partial charge >= 0.3 is 18.2 Å². The Hall–Kier alpha value is -1.99. The lowest BCUT2D eigenvalue weighted by molar-refractivity contribution is -0.145. The van der Waals surface area contributed by atoms with Crippen LogP contribution in [0.25, 0.3) is 0 Å². The van der Waals surface area contributed by atoms with Crippen molar-refractivity contribution in [3.8, 4) is 0 Å². The van der Waals surface area contributed by atoms with Gasteiger partial charge in [0, 0.05) is 6.54 Å². The second-order valence-corrected chi connectivity index (χ2v) is 6.43. The summed E-state index contributed by atoms with van der Waals surface area (Å²) >= 11 is 0. The van der Waals surface area contributed by atoms with E-state index in [1.54, 1.807) is 27.7 Å². The number of hydrogen-bond donors (Lipinski definition) is 2. The largest absolute Gasteiger partial charge is 0.480 e. The van der Waals surface area contributed by atoms with E-state index in [0.29, 0.717) is 19.3 Å². The number of likely N-dealkylation sites (tertiary alicyclic amines) is 1. The number of carboxylic acid groups (broad SMARTS) is 1. The first kappa shape index (κ1) is 19.1. The number of aliphatic carboxylic acids is 1. The van der Waals surface area contributed by atoms with Crippen LogP contribution in [-0.4, -0.2) is 59.0 Å². The molecule has 2 unspecified atom stereocenters. The minimum Gasteiger partial charge on any atom is -0.480 e. The average Bonchev–Trinajstić information content (AvgIpc) is 2.43. The van der Waals surface area contributed by atoms with Crippen LogP contribution in [0.3, 0.4) is 0 Å². The van der Waals surface area contributed by atoms with Crippen molar-refractivity contribution in [2.24, 2.45) is 0 Å². The molecule has 1 fully saturated rings. The van der Waals surface area contributed by atoms with Crippen LogP contribution < -0.4 is 5.32 Å². The van der Waals surface area contributed by atoms with Crippen LogP contribution in [0.2, 0.25) is 0 Å². The molecule has 0 radical (unpaired) electrons. The van der Waals surface area contributed by atoms with Crippen molar-refractivity contribution in [3.63, 3.8) is 0 Å². The summed E-state index contributed by atoms with van der Waals surface area (Å²) in [4.78, 5) is 36.4. The summed E-state index contributed by atoms with van der Waals surface area (Å²) in [7, 11) is 0. The molecule has 1 rings (SSSR count). The molecule has 0 bridgehead atoms. The average molecular weight is 330 g/mol. The molecule has 8 heteroatoms. The first-order valence-electron chi connectivity index (χ1n) is 7.80. The predicted molar refractivity (Wildman–Crippen MR) is 82.2 cm³/mol. The molecule has 0 aromatic carbocycles. The highest BCUT2D eigenvalue weighted by atomic mass is 16.6. The van der Waals surface area contributed by atoms with Crippen molar-refractivity contribution >= 4 is 18.2 Å². The van der Waals surface area contributed by atoms with Crippen LogP contribution in [0.5, 0.6) is 0 Å². The molecule has 0 saturated carbocycles. The highest BCUT2D eigenvalue weighted by molar-refractivity contribution is 5.80. The molecule has 23 heavy (non-hydrogen) atoms. The number of carbonyl (C=O) groups excluding carboxylic acids is 2. The van der Waals surface area contributed by atoms with Gasteiger partial charge in [0.1, 0.15) is 11.6 Å². The Balaban J connectivity index is 2.74. The molecule has 0 aliphatic carbocycles. The molecule has 1 heterocycles. The minimum atomic E-state index is -1.07. The van der Waals surface area contributed by atoms with E-state index in [-0.39, 0.29) is 13.2 Å². The Kier molecular flexibility index (Phi) is 6.65. The molecule has 2 atom stereocenters. The number of hydrogen-bond acceptors (Lipinski definition) is 5. The zero-order valence-corrected chi connectivity index (χ0v) is 14.1. The van der Waals surface area contributed by atoms with Gasteiger partial charge in [0.15, 0.2) is 0 Å². The maximum Gasteiger partial charge on any atom is 0.410 e. The molecule has 0 spiro atoms. The summed E-state index contributed by atoms with van der Waals surface area (Å²) < 4.78 is 10.1. The number of rotatable bonds is 4. The molecule has 8 nitrogen and oxygen atoms in total. The molecule has 1 aliphatic rings. The summed E-state index contributed by atoms with van der Waals surface area (Å²) in [6.07, 6.45) is 0.359. The van der Waals surface area contributed by atoms with Crippen molar-refractivity contribution in [1.82, 2.24) is 10.2 Å². The van der Waals surface area contributed by atoms with E-state index in [2.05, 4.69) is 5.32 Å². The van der Waals surface area contributed by atoms with Crippen molar-refractivity contribution in [1.29, 1.82) is 0 Å². The van der Waals surface area contributed by atoms with Crippen LogP contribution in [0.1, 0.15) is 47.0 Å². The highest BCUT2D eigenvalue weighted by Gasteiger charge is 2.39. The molecule has 2 N–H and O–H groups in total. The number of carboxylic acids is 1. The molecule has 0 aromatic heterocycles. The summed E-state index contributed by atoms with van der Waals surface area (Å²) in [5, 5.41) is 11.9. The fourth-order valence-corrected chi connectivity index (χ4v) is 2.51. The van der Waals surface area contributed by atoms with Crippen LogP contribution in [0.15, 0.2) is 0 Å². The van der Waals surface area contributed by atoms with Crippen LogP contribution >= 0.6 is 0 Å². The molecule has 1 aliphatic heterocycles. The van der Waals surface area contributed by atoms with Gasteiger partial charge in [-0.25, -0.2) is 14.4 Å². The third-order valence-electron chi connectivity index (χ3n) is 3.39. The van der Waals surface area contributed by atoms with Gasteiger partial charge in [0.25, 0.3) is 0 Å². The van der Waals surface area contributed by atoms with Crippen molar-refractivity contribution in [3.05, 3.63) is 0 Å². The monoisotopic (exact) mass is 330 g/mol. The van der Waals surface area contributed by atoms with Gasteiger partial charge in [0.05, 0.1) is 12.6 Å². The number of carbonyl (C=O) groups is 3. The Labute approximate surface area is 136 Å². The van der Waals surface area contributed by atoms with E-state index in [1.165, 1.54) is 4.90 Å². The first-order valence-corrected chi connectivity index (χ1v) is 7.80. The van der Waals surface area contributed by atoms with Crippen LogP contribution in [0.4, 0.5) is 9.59 Å². The van der Waals surface area contributed by atoms with E-state index in [1.807, 2.05) is 0 Å². The second-order valence-electron chi connectivity index (χ2n) is 6.43. The van der Waals surface area contributed by atoms with Gasteiger partial charge in [-0.15, -0.1) is 0 Å². The van der Waals surface area contributed by atoms with Crippen LogP contribution in [-0.2, 0) is 14.3 Å². The third kappa shape index (κ3) is 5.96. The Morgan fingerprint density at radius 2 is 1.91 bits per heavy atom. The van der Waals surface area contributed by atoms with E-state index in [0.717, 1.165) is 0 Å². The van der Waals surface area contributed by atoms with E-state index >= 15 is 0 Å². The van der Waals surface area contributed by atoms with E-state index in [4.69, 9.17) is 9.47 Å². The maximum atomic E-state index is 12.1. The van der Waals surface area contributed by atoms with Gasteiger partial charge < -0.3 is 19.9 Å². The topological polar surface area (TPSA) is 105 Å². The molecular weight excluding hydrogens is 304 g/mol. The Bertz CT molecular complexity index is 446. The molecule has 1 saturated heterocycles. The van der Waals surface area contributed by atoms with Gasteiger partial charge in [-0.3, -0.25) is 4.90 Å². The second kappa shape index (κ2) is 8.03. The smallest absolute Gasteiger partial charge is 0.410 e. The van der Waals surface area contributed by atoms with E-state index < -0.39 is 35.8 Å². The van der Waals surface area contributed by atoms with Crippen molar-refractivity contribution < 1.29 is 29.0 Å². The number of nitrogens with zero attached hydrogens (tertiary/aromatic N) is 1. The quantitative estimate of drug-likeness (QED) is 0.816. The molecule has 132 valence electrons. The normalized spacial score (nSPS) is 21.5. The zero-order chi connectivity index (χ0) is 17.6. The third-order valence-corrected chi connectivity index (χ3v) is 3.39.